The first kappa shape index (κ1) is 12.3. The highest BCUT2D eigenvalue weighted by molar-refractivity contribution is 5.87. The van der Waals surface area contributed by atoms with Crippen LogP contribution in [0.5, 0.6) is 0 Å². The van der Waals surface area contributed by atoms with Crippen LogP contribution in [0.3, 0.4) is 0 Å². The molecule has 3 nitrogen and oxygen atoms in total. The highest BCUT2D eigenvalue weighted by atomic mass is 16.5. The van der Waals surface area contributed by atoms with Crippen molar-refractivity contribution in [1.29, 1.82) is 0 Å². The zero-order valence-electron chi connectivity index (χ0n) is 11.5. The van der Waals surface area contributed by atoms with E-state index in [0.717, 1.165) is 36.2 Å². The number of hydrogen-bond acceptors (Lipinski definition) is 3. The average Bonchev–Trinajstić information content (AvgIpc) is 2.83. The van der Waals surface area contributed by atoms with E-state index in [1.165, 1.54) is 30.5 Å². The van der Waals surface area contributed by atoms with Crippen molar-refractivity contribution in [1.82, 2.24) is 5.16 Å². The molecule has 0 spiro atoms. The molecule has 0 saturated carbocycles. The molecule has 2 heterocycles. The molecule has 0 amide bonds. The molecule has 19 heavy (non-hydrogen) atoms. The number of piperidine rings is 1. The minimum absolute atomic E-state index is 0.831. The first-order valence-electron chi connectivity index (χ1n) is 7.05. The monoisotopic (exact) mass is 256 g/mol. The third kappa shape index (κ3) is 2.14. The SMILES string of the molecule is C=CCc1c(N2CCCCC2)ccc2c(C)noc12. The van der Waals surface area contributed by atoms with Crippen molar-refractivity contribution in [3.63, 3.8) is 0 Å². The second-order valence-electron chi connectivity index (χ2n) is 5.25. The molecular weight excluding hydrogens is 236 g/mol. The van der Waals surface area contributed by atoms with Crippen molar-refractivity contribution in [3.05, 3.63) is 36.0 Å². The lowest BCUT2D eigenvalue weighted by Gasteiger charge is -2.30. The molecule has 3 rings (SSSR count). The van der Waals surface area contributed by atoms with Gasteiger partial charge in [0.15, 0.2) is 5.58 Å². The maximum absolute atomic E-state index is 5.54. The van der Waals surface area contributed by atoms with Crippen molar-refractivity contribution in [2.75, 3.05) is 18.0 Å². The van der Waals surface area contributed by atoms with Gasteiger partial charge in [-0.3, -0.25) is 0 Å². The normalized spacial score (nSPS) is 15.9. The fourth-order valence-electron chi connectivity index (χ4n) is 2.94. The Kier molecular flexibility index (Phi) is 3.28. The highest BCUT2D eigenvalue weighted by Gasteiger charge is 2.18. The minimum atomic E-state index is 0.831. The topological polar surface area (TPSA) is 29.3 Å². The molecule has 1 aliphatic rings. The van der Waals surface area contributed by atoms with E-state index in [-0.39, 0.29) is 0 Å². The van der Waals surface area contributed by atoms with Crippen molar-refractivity contribution in [2.24, 2.45) is 0 Å². The maximum atomic E-state index is 5.54. The molecule has 1 aromatic carbocycles. The van der Waals surface area contributed by atoms with Gasteiger partial charge in [-0.2, -0.15) is 0 Å². The quantitative estimate of drug-likeness (QED) is 0.781. The molecular formula is C16H20N2O. The molecule has 0 N–H and O–H groups in total. The van der Waals surface area contributed by atoms with Gasteiger partial charge in [-0.15, -0.1) is 6.58 Å². The van der Waals surface area contributed by atoms with Crippen molar-refractivity contribution in [3.8, 4) is 0 Å². The van der Waals surface area contributed by atoms with E-state index in [9.17, 15) is 0 Å². The van der Waals surface area contributed by atoms with Gasteiger partial charge in [-0.1, -0.05) is 11.2 Å². The van der Waals surface area contributed by atoms with E-state index in [2.05, 4.69) is 28.8 Å². The fraction of sp³-hybridized carbons (Fsp3) is 0.438. The number of rotatable bonds is 3. The molecule has 0 radical (unpaired) electrons. The standard InChI is InChI=1S/C16H20N2O/c1-3-7-14-15(18-10-5-4-6-11-18)9-8-13-12(2)17-19-16(13)14/h3,8-9H,1,4-7,10-11H2,2H3. The number of anilines is 1. The second-order valence-corrected chi connectivity index (χ2v) is 5.25. The van der Waals surface area contributed by atoms with Crippen LogP contribution in [-0.4, -0.2) is 18.2 Å². The summed E-state index contributed by atoms with van der Waals surface area (Å²) in [5.41, 5.74) is 4.42. The van der Waals surface area contributed by atoms with Gasteiger partial charge in [-0.25, -0.2) is 0 Å². The van der Waals surface area contributed by atoms with Crippen LogP contribution in [0.15, 0.2) is 29.3 Å². The number of hydrogen-bond donors (Lipinski definition) is 0. The molecule has 0 unspecified atom stereocenters. The Hall–Kier alpha value is -1.77. The average molecular weight is 256 g/mol. The van der Waals surface area contributed by atoms with Crippen molar-refractivity contribution >= 4 is 16.7 Å². The number of aryl methyl sites for hydroxylation is 1. The van der Waals surface area contributed by atoms with Crippen LogP contribution in [0.2, 0.25) is 0 Å². The molecule has 0 bridgehead atoms. The van der Waals surface area contributed by atoms with Gasteiger partial charge in [0.2, 0.25) is 0 Å². The van der Waals surface area contributed by atoms with E-state index >= 15 is 0 Å². The lowest BCUT2D eigenvalue weighted by molar-refractivity contribution is 0.448. The first-order valence-corrected chi connectivity index (χ1v) is 7.05. The molecule has 100 valence electrons. The molecule has 0 atom stereocenters. The summed E-state index contributed by atoms with van der Waals surface area (Å²) in [6, 6.07) is 4.36. The lowest BCUT2D eigenvalue weighted by atomic mass is 10.0. The summed E-state index contributed by atoms with van der Waals surface area (Å²) >= 11 is 0. The van der Waals surface area contributed by atoms with Gasteiger partial charge in [0.05, 0.1) is 5.69 Å². The Morgan fingerprint density at radius 3 is 2.84 bits per heavy atom. The highest BCUT2D eigenvalue weighted by Crippen LogP contribution is 2.32. The Morgan fingerprint density at radius 2 is 2.11 bits per heavy atom. The summed E-state index contributed by atoms with van der Waals surface area (Å²) in [7, 11) is 0. The van der Waals surface area contributed by atoms with Gasteiger partial charge in [-0.05, 0) is 44.7 Å². The van der Waals surface area contributed by atoms with Crippen LogP contribution in [0.25, 0.3) is 11.0 Å². The molecule has 3 heteroatoms. The number of nitrogens with zero attached hydrogens (tertiary/aromatic N) is 2. The van der Waals surface area contributed by atoms with Gasteiger partial charge < -0.3 is 9.42 Å². The van der Waals surface area contributed by atoms with Crippen LogP contribution in [0.1, 0.15) is 30.5 Å². The Balaban J connectivity index is 2.11. The van der Waals surface area contributed by atoms with Gasteiger partial charge in [0.1, 0.15) is 0 Å². The van der Waals surface area contributed by atoms with Crippen LogP contribution < -0.4 is 4.90 Å². The zero-order valence-corrected chi connectivity index (χ0v) is 11.5. The van der Waals surface area contributed by atoms with E-state index in [1.807, 2.05) is 13.0 Å². The molecule has 2 aromatic rings. The summed E-state index contributed by atoms with van der Waals surface area (Å²) in [6.07, 6.45) is 6.68. The fourth-order valence-corrected chi connectivity index (χ4v) is 2.94. The largest absolute Gasteiger partial charge is 0.371 e. The van der Waals surface area contributed by atoms with E-state index < -0.39 is 0 Å². The molecule has 1 aliphatic heterocycles. The number of fused-ring (bicyclic) bond motifs is 1. The Labute approximate surface area is 113 Å². The van der Waals surface area contributed by atoms with Crippen molar-refractivity contribution in [2.45, 2.75) is 32.6 Å². The summed E-state index contributed by atoms with van der Waals surface area (Å²) in [5.74, 6) is 0. The first-order chi connectivity index (χ1) is 9.31. The number of allylic oxidation sites excluding steroid dienone is 1. The zero-order chi connectivity index (χ0) is 13.2. The van der Waals surface area contributed by atoms with E-state index in [4.69, 9.17) is 4.52 Å². The van der Waals surface area contributed by atoms with Gasteiger partial charge >= 0.3 is 0 Å². The van der Waals surface area contributed by atoms with E-state index in [0.29, 0.717) is 0 Å². The van der Waals surface area contributed by atoms with Gasteiger partial charge in [0.25, 0.3) is 0 Å². The summed E-state index contributed by atoms with van der Waals surface area (Å²) in [4.78, 5) is 2.47. The van der Waals surface area contributed by atoms with Crippen LogP contribution >= 0.6 is 0 Å². The minimum Gasteiger partial charge on any atom is -0.371 e. The van der Waals surface area contributed by atoms with Crippen LogP contribution in [0.4, 0.5) is 5.69 Å². The van der Waals surface area contributed by atoms with Gasteiger partial charge in [0, 0.05) is 29.7 Å². The second kappa shape index (κ2) is 5.08. The van der Waals surface area contributed by atoms with E-state index in [1.54, 1.807) is 0 Å². The Morgan fingerprint density at radius 1 is 1.32 bits per heavy atom. The molecule has 1 fully saturated rings. The number of benzene rings is 1. The molecule has 1 aromatic heterocycles. The third-order valence-corrected chi connectivity index (χ3v) is 3.94. The van der Waals surface area contributed by atoms with Crippen LogP contribution in [-0.2, 0) is 6.42 Å². The predicted octanol–water partition coefficient (Wildman–Crippen LogP) is 3.86. The smallest absolute Gasteiger partial charge is 0.172 e. The predicted molar refractivity (Wildman–Crippen MR) is 78.7 cm³/mol. The molecule has 1 saturated heterocycles. The summed E-state index contributed by atoms with van der Waals surface area (Å²) < 4.78 is 5.54. The van der Waals surface area contributed by atoms with Crippen molar-refractivity contribution < 1.29 is 4.52 Å². The maximum Gasteiger partial charge on any atom is 0.172 e. The summed E-state index contributed by atoms with van der Waals surface area (Å²) in [6.45, 7) is 8.15. The molecule has 0 aliphatic carbocycles. The lowest BCUT2D eigenvalue weighted by Crippen LogP contribution is -2.30. The summed E-state index contributed by atoms with van der Waals surface area (Å²) in [5, 5.41) is 5.22. The third-order valence-electron chi connectivity index (χ3n) is 3.94. The Bertz CT molecular complexity index is 594. The number of aromatic nitrogens is 1. The van der Waals surface area contributed by atoms with Crippen LogP contribution in [0, 0.1) is 6.92 Å².